The molecule has 0 amide bonds. The molecule has 0 saturated carbocycles. The van der Waals surface area contributed by atoms with Crippen LogP contribution in [-0.4, -0.2) is 25.2 Å². The van der Waals surface area contributed by atoms with Crippen molar-refractivity contribution in [2.75, 3.05) is 20.3 Å². The molecule has 0 fully saturated rings. The average Bonchev–Trinajstić information content (AvgIpc) is 2.96. The molecule has 4 nitrogen and oxygen atoms in total. The summed E-state index contributed by atoms with van der Waals surface area (Å²) in [6.45, 7) is 2.58. The molecule has 1 aromatic heterocycles. The molecule has 6 heteroatoms. The summed E-state index contributed by atoms with van der Waals surface area (Å²) in [7, 11) is 1.68. The van der Waals surface area contributed by atoms with E-state index in [1.165, 1.54) is 0 Å². The zero-order valence-electron chi connectivity index (χ0n) is 11.3. The lowest BCUT2D eigenvalue weighted by atomic mass is 10.2. The SMILES string of the molecule is COCCNCc1cccc(Cl)c1OCc1cscn1. The maximum Gasteiger partial charge on any atom is 0.142 e. The van der Waals surface area contributed by atoms with E-state index < -0.39 is 0 Å². The van der Waals surface area contributed by atoms with E-state index in [4.69, 9.17) is 21.1 Å². The molecule has 108 valence electrons. The molecule has 1 heterocycles. The zero-order valence-corrected chi connectivity index (χ0v) is 12.8. The fraction of sp³-hybridized carbons (Fsp3) is 0.357. The molecule has 2 rings (SSSR count). The van der Waals surface area contributed by atoms with Gasteiger partial charge in [-0.25, -0.2) is 4.98 Å². The lowest BCUT2D eigenvalue weighted by Gasteiger charge is -2.13. The van der Waals surface area contributed by atoms with Crippen molar-refractivity contribution in [3.63, 3.8) is 0 Å². The quantitative estimate of drug-likeness (QED) is 0.761. The van der Waals surface area contributed by atoms with Crippen LogP contribution in [-0.2, 0) is 17.9 Å². The minimum absolute atomic E-state index is 0.429. The highest BCUT2D eigenvalue weighted by Gasteiger charge is 2.09. The maximum atomic E-state index is 6.21. The smallest absolute Gasteiger partial charge is 0.142 e. The Kier molecular flexibility index (Phi) is 6.26. The molecule has 2 aromatic rings. The average molecular weight is 313 g/mol. The van der Waals surface area contributed by atoms with Crippen molar-refractivity contribution in [3.8, 4) is 5.75 Å². The van der Waals surface area contributed by atoms with Crippen molar-refractivity contribution in [1.82, 2.24) is 10.3 Å². The number of rotatable bonds is 8. The van der Waals surface area contributed by atoms with Gasteiger partial charge in [0, 0.05) is 31.1 Å². The van der Waals surface area contributed by atoms with E-state index in [-0.39, 0.29) is 0 Å². The van der Waals surface area contributed by atoms with Crippen LogP contribution < -0.4 is 10.1 Å². The summed E-state index contributed by atoms with van der Waals surface area (Å²) in [6, 6.07) is 5.75. The predicted molar refractivity (Wildman–Crippen MR) is 81.5 cm³/mol. The van der Waals surface area contributed by atoms with Gasteiger partial charge in [0.2, 0.25) is 0 Å². The van der Waals surface area contributed by atoms with Gasteiger partial charge >= 0.3 is 0 Å². The van der Waals surface area contributed by atoms with Crippen molar-refractivity contribution >= 4 is 22.9 Å². The topological polar surface area (TPSA) is 43.4 Å². The first kappa shape index (κ1) is 15.3. The number of halogens is 1. The summed E-state index contributed by atoms with van der Waals surface area (Å²) in [5, 5.41) is 5.87. The van der Waals surface area contributed by atoms with E-state index in [1.807, 2.05) is 23.6 Å². The lowest BCUT2D eigenvalue weighted by molar-refractivity contribution is 0.199. The zero-order chi connectivity index (χ0) is 14.2. The molecule has 0 spiro atoms. The summed E-state index contributed by atoms with van der Waals surface area (Å²) in [6.07, 6.45) is 0. The number of nitrogens with zero attached hydrogens (tertiary/aromatic N) is 1. The molecule has 20 heavy (non-hydrogen) atoms. The molecule has 0 aliphatic carbocycles. The monoisotopic (exact) mass is 312 g/mol. The first-order valence-electron chi connectivity index (χ1n) is 6.28. The highest BCUT2D eigenvalue weighted by molar-refractivity contribution is 7.07. The Bertz CT molecular complexity index is 520. The van der Waals surface area contributed by atoms with Crippen LogP contribution in [0.4, 0.5) is 0 Å². The summed E-state index contributed by atoms with van der Waals surface area (Å²) < 4.78 is 10.8. The van der Waals surface area contributed by atoms with Gasteiger partial charge in [0.25, 0.3) is 0 Å². The Hall–Kier alpha value is -1.14. The van der Waals surface area contributed by atoms with Crippen LogP contribution in [0.1, 0.15) is 11.3 Å². The molecular formula is C14H17ClN2O2S. The molecule has 0 atom stereocenters. The first-order valence-corrected chi connectivity index (χ1v) is 7.60. The Morgan fingerprint density at radius 3 is 3.05 bits per heavy atom. The van der Waals surface area contributed by atoms with Crippen molar-refractivity contribution in [2.45, 2.75) is 13.2 Å². The van der Waals surface area contributed by atoms with Gasteiger partial charge in [-0.2, -0.15) is 0 Å². The predicted octanol–water partition coefficient (Wildman–Crippen LogP) is 3.11. The largest absolute Gasteiger partial charge is 0.485 e. The van der Waals surface area contributed by atoms with Gasteiger partial charge in [0.15, 0.2) is 0 Å². The van der Waals surface area contributed by atoms with E-state index in [0.29, 0.717) is 30.5 Å². The third kappa shape index (κ3) is 4.45. The molecule has 1 N–H and O–H groups in total. The second-order valence-electron chi connectivity index (χ2n) is 4.17. The number of aromatic nitrogens is 1. The fourth-order valence-corrected chi connectivity index (χ4v) is 2.50. The summed E-state index contributed by atoms with van der Waals surface area (Å²) in [5.74, 6) is 0.715. The standard InChI is InChI=1S/C14H17ClN2O2S/c1-18-6-5-16-7-11-3-2-4-13(15)14(11)19-8-12-9-20-10-17-12/h2-4,9-10,16H,5-8H2,1H3. The molecule has 0 bridgehead atoms. The molecule has 1 aromatic carbocycles. The summed E-state index contributed by atoms with van der Waals surface area (Å²) in [5.41, 5.74) is 3.73. The number of hydrogen-bond donors (Lipinski definition) is 1. The molecule has 0 saturated heterocycles. The van der Waals surface area contributed by atoms with Crippen LogP contribution in [0, 0.1) is 0 Å². The van der Waals surface area contributed by atoms with Gasteiger partial charge < -0.3 is 14.8 Å². The van der Waals surface area contributed by atoms with Crippen LogP contribution in [0.15, 0.2) is 29.1 Å². The van der Waals surface area contributed by atoms with Crippen LogP contribution in [0.25, 0.3) is 0 Å². The summed E-state index contributed by atoms with van der Waals surface area (Å²) in [4.78, 5) is 4.20. The Balaban J connectivity index is 1.98. The van der Waals surface area contributed by atoms with E-state index >= 15 is 0 Å². The third-order valence-corrected chi connectivity index (χ3v) is 3.63. The van der Waals surface area contributed by atoms with Crippen molar-refractivity contribution in [3.05, 3.63) is 45.4 Å². The minimum atomic E-state index is 0.429. The van der Waals surface area contributed by atoms with Crippen molar-refractivity contribution in [2.24, 2.45) is 0 Å². The Morgan fingerprint density at radius 2 is 2.30 bits per heavy atom. The summed E-state index contributed by atoms with van der Waals surface area (Å²) >= 11 is 7.77. The molecule has 0 radical (unpaired) electrons. The van der Waals surface area contributed by atoms with Gasteiger partial charge in [0.1, 0.15) is 12.4 Å². The number of thiazole rings is 1. The number of nitrogens with one attached hydrogen (secondary N) is 1. The van der Waals surface area contributed by atoms with Gasteiger partial charge in [0.05, 0.1) is 22.8 Å². The van der Waals surface area contributed by atoms with E-state index in [9.17, 15) is 0 Å². The maximum absolute atomic E-state index is 6.21. The third-order valence-electron chi connectivity index (χ3n) is 2.69. The van der Waals surface area contributed by atoms with Crippen LogP contribution in [0.2, 0.25) is 5.02 Å². The van der Waals surface area contributed by atoms with Gasteiger partial charge in [-0.15, -0.1) is 11.3 Å². The van der Waals surface area contributed by atoms with E-state index in [2.05, 4.69) is 10.3 Å². The van der Waals surface area contributed by atoms with Crippen LogP contribution >= 0.6 is 22.9 Å². The van der Waals surface area contributed by atoms with Crippen molar-refractivity contribution in [1.29, 1.82) is 0 Å². The van der Waals surface area contributed by atoms with Crippen LogP contribution in [0.5, 0.6) is 5.75 Å². The number of ether oxygens (including phenoxy) is 2. The van der Waals surface area contributed by atoms with Crippen LogP contribution in [0.3, 0.4) is 0 Å². The second kappa shape index (κ2) is 8.21. The van der Waals surface area contributed by atoms with Gasteiger partial charge in [-0.1, -0.05) is 23.7 Å². The second-order valence-corrected chi connectivity index (χ2v) is 5.29. The number of methoxy groups -OCH3 is 1. The minimum Gasteiger partial charge on any atom is -0.485 e. The highest BCUT2D eigenvalue weighted by Crippen LogP contribution is 2.29. The van der Waals surface area contributed by atoms with Gasteiger partial charge in [-0.3, -0.25) is 0 Å². The molecule has 0 aliphatic rings. The molecule has 0 unspecified atom stereocenters. The van der Waals surface area contributed by atoms with E-state index in [0.717, 1.165) is 17.8 Å². The first-order chi connectivity index (χ1) is 9.81. The number of para-hydroxylation sites is 1. The molecular weight excluding hydrogens is 296 g/mol. The Morgan fingerprint density at radius 1 is 1.40 bits per heavy atom. The highest BCUT2D eigenvalue weighted by atomic mass is 35.5. The Labute approximate surface area is 127 Å². The number of benzene rings is 1. The number of hydrogen-bond acceptors (Lipinski definition) is 5. The van der Waals surface area contributed by atoms with E-state index in [1.54, 1.807) is 24.0 Å². The van der Waals surface area contributed by atoms with Gasteiger partial charge in [-0.05, 0) is 6.07 Å². The fourth-order valence-electron chi connectivity index (χ4n) is 1.71. The lowest BCUT2D eigenvalue weighted by Crippen LogP contribution is -2.19. The van der Waals surface area contributed by atoms with Crippen molar-refractivity contribution < 1.29 is 9.47 Å². The molecule has 0 aliphatic heterocycles. The normalized spacial score (nSPS) is 10.7.